The zero-order valence-corrected chi connectivity index (χ0v) is 7.96. The molecule has 0 bridgehead atoms. The molecule has 0 spiro atoms. The second-order valence-corrected chi connectivity index (χ2v) is 3.31. The molecule has 66 valence electrons. The lowest BCUT2D eigenvalue weighted by molar-refractivity contribution is -0.701. The predicted octanol–water partition coefficient (Wildman–Crippen LogP) is 1.55. The van der Waals surface area contributed by atoms with Crippen molar-refractivity contribution >= 4 is 0 Å². The van der Waals surface area contributed by atoms with E-state index in [1.807, 2.05) is 0 Å². The summed E-state index contributed by atoms with van der Waals surface area (Å²) in [5, 5.41) is 2.38. The molecule has 1 nitrogen and oxygen atoms in total. The molecule has 0 amide bonds. The van der Waals surface area contributed by atoms with Crippen LogP contribution in [0.3, 0.4) is 0 Å². The molecule has 0 aromatic heterocycles. The first kappa shape index (κ1) is 9.27. The topological polar surface area (TPSA) is 16.6 Å². The van der Waals surface area contributed by atoms with Crippen molar-refractivity contribution in [2.75, 3.05) is 0 Å². The Kier molecular flexibility index (Phi) is 3.81. The molecule has 1 unspecified atom stereocenters. The molecular weight excluding hydrogens is 146 g/mol. The smallest absolute Gasteiger partial charge is 0.101 e. The van der Waals surface area contributed by atoms with Crippen LogP contribution < -0.4 is 5.32 Å². The minimum Gasteiger partial charge on any atom is -0.340 e. The van der Waals surface area contributed by atoms with Crippen LogP contribution in [0.2, 0.25) is 0 Å². The number of hydrogen-bond donors (Lipinski definition) is 1. The SMILES string of the molecule is CCC(C)[NH2+]Cc1ccccc1. The summed E-state index contributed by atoms with van der Waals surface area (Å²) in [6.07, 6.45) is 1.24. The molecule has 0 fully saturated rings. The van der Waals surface area contributed by atoms with E-state index in [0.717, 1.165) is 12.6 Å². The van der Waals surface area contributed by atoms with Crippen LogP contribution in [0.1, 0.15) is 25.8 Å². The van der Waals surface area contributed by atoms with Crippen LogP contribution in [0.4, 0.5) is 0 Å². The molecule has 0 saturated carbocycles. The van der Waals surface area contributed by atoms with Crippen LogP contribution in [-0.2, 0) is 6.54 Å². The van der Waals surface area contributed by atoms with Crippen molar-refractivity contribution in [3.8, 4) is 0 Å². The van der Waals surface area contributed by atoms with Crippen LogP contribution >= 0.6 is 0 Å². The zero-order chi connectivity index (χ0) is 8.81. The van der Waals surface area contributed by atoms with E-state index in [4.69, 9.17) is 0 Å². The molecule has 1 heteroatoms. The lowest BCUT2D eigenvalue weighted by atomic mass is 10.2. The van der Waals surface area contributed by atoms with Crippen molar-refractivity contribution in [2.45, 2.75) is 32.9 Å². The van der Waals surface area contributed by atoms with Crippen molar-refractivity contribution in [3.63, 3.8) is 0 Å². The van der Waals surface area contributed by atoms with Gasteiger partial charge in [-0.1, -0.05) is 37.3 Å². The van der Waals surface area contributed by atoms with E-state index in [1.54, 1.807) is 0 Å². The van der Waals surface area contributed by atoms with E-state index in [2.05, 4.69) is 49.5 Å². The Hall–Kier alpha value is -0.820. The molecule has 1 aromatic rings. The van der Waals surface area contributed by atoms with E-state index in [-0.39, 0.29) is 0 Å². The predicted molar refractivity (Wildman–Crippen MR) is 51.8 cm³/mol. The summed E-state index contributed by atoms with van der Waals surface area (Å²) in [6.45, 7) is 5.60. The highest BCUT2D eigenvalue weighted by molar-refractivity contribution is 5.12. The van der Waals surface area contributed by atoms with Crippen molar-refractivity contribution in [1.82, 2.24) is 0 Å². The first-order chi connectivity index (χ1) is 5.83. The van der Waals surface area contributed by atoms with Gasteiger partial charge in [-0.25, -0.2) is 0 Å². The van der Waals surface area contributed by atoms with Crippen molar-refractivity contribution in [2.24, 2.45) is 0 Å². The average molecular weight is 164 g/mol. The van der Waals surface area contributed by atoms with E-state index in [1.165, 1.54) is 12.0 Å². The van der Waals surface area contributed by atoms with Gasteiger partial charge in [-0.05, 0) is 13.3 Å². The third-order valence-corrected chi connectivity index (χ3v) is 2.24. The van der Waals surface area contributed by atoms with Gasteiger partial charge in [-0.2, -0.15) is 0 Å². The average Bonchev–Trinajstić information content (AvgIpc) is 2.16. The molecule has 0 heterocycles. The maximum Gasteiger partial charge on any atom is 0.101 e. The molecule has 0 aliphatic carbocycles. The van der Waals surface area contributed by atoms with Crippen molar-refractivity contribution in [1.29, 1.82) is 0 Å². The maximum absolute atomic E-state index is 2.38. The Labute approximate surface area is 74.8 Å². The highest BCUT2D eigenvalue weighted by atomic mass is 14.9. The van der Waals surface area contributed by atoms with Gasteiger partial charge < -0.3 is 5.32 Å². The molecular formula is C11H18N+. The molecule has 0 radical (unpaired) electrons. The second kappa shape index (κ2) is 4.94. The fourth-order valence-corrected chi connectivity index (χ4v) is 1.12. The van der Waals surface area contributed by atoms with Crippen LogP contribution in [0.15, 0.2) is 30.3 Å². The minimum absolute atomic E-state index is 0.741. The van der Waals surface area contributed by atoms with Crippen molar-refractivity contribution < 1.29 is 5.32 Å². The quantitative estimate of drug-likeness (QED) is 0.695. The van der Waals surface area contributed by atoms with Gasteiger partial charge in [0.25, 0.3) is 0 Å². The molecule has 0 aliphatic rings. The lowest BCUT2D eigenvalue weighted by Gasteiger charge is -2.07. The number of rotatable bonds is 4. The summed E-state index contributed by atoms with van der Waals surface area (Å²) < 4.78 is 0. The molecule has 1 rings (SSSR count). The van der Waals surface area contributed by atoms with Gasteiger partial charge in [0, 0.05) is 5.56 Å². The summed E-state index contributed by atoms with van der Waals surface area (Å²) in [7, 11) is 0. The molecule has 2 N–H and O–H groups in total. The van der Waals surface area contributed by atoms with Crippen LogP contribution in [0, 0.1) is 0 Å². The van der Waals surface area contributed by atoms with Gasteiger partial charge in [0.2, 0.25) is 0 Å². The van der Waals surface area contributed by atoms with E-state index in [0.29, 0.717) is 0 Å². The molecule has 12 heavy (non-hydrogen) atoms. The standard InChI is InChI=1S/C11H17N/c1-3-10(2)12-9-11-7-5-4-6-8-11/h4-8,10,12H,3,9H2,1-2H3/p+1. The van der Waals surface area contributed by atoms with Gasteiger partial charge in [-0.15, -0.1) is 0 Å². The van der Waals surface area contributed by atoms with E-state index >= 15 is 0 Å². The summed E-state index contributed by atoms with van der Waals surface area (Å²) in [4.78, 5) is 0. The van der Waals surface area contributed by atoms with E-state index in [9.17, 15) is 0 Å². The number of benzene rings is 1. The Morgan fingerprint density at radius 2 is 1.92 bits per heavy atom. The summed E-state index contributed by atoms with van der Waals surface area (Å²) in [5.74, 6) is 0. The Morgan fingerprint density at radius 3 is 2.50 bits per heavy atom. The summed E-state index contributed by atoms with van der Waals surface area (Å²) in [5.41, 5.74) is 1.41. The molecule has 0 aliphatic heterocycles. The van der Waals surface area contributed by atoms with Gasteiger partial charge in [0.1, 0.15) is 6.54 Å². The Balaban J connectivity index is 2.33. The van der Waals surface area contributed by atoms with Gasteiger partial charge >= 0.3 is 0 Å². The van der Waals surface area contributed by atoms with E-state index < -0.39 is 0 Å². The second-order valence-electron chi connectivity index (χ2n) is 3.31. The number of quaternary nitrogens is 1. The van der Waals surface area contributed by atoms with Gasteiger partial charge in [0.15, 0.2) is 0 Å². The van der Waals surface area contributed by atoms with Gasteiger partial charge in [-0.3, -0.25) is 0 Å². The Bertz CT molecular complexity index is 206. The summed E-state index contributed by atoms with van der Waals surface area (Å²) >= 11 is 0. The fourth-order valence-electron chi connectivity index (χ4n) is 1.12. The molecule has 1 atom stereocenters. The van der Waals surface area contributed by atoms with Crippen molar-refractivity contribution in [3.05, 3.63) is 35.9 Å². The molecule has 1 aromatic carbocycles. The zero-order valence-electron chi connectivity index (χ0n) is 7.96. The fraction of sp³-hybridized carbons (Fsp3) is 0.455. The number of hydrogen-bond acceptors (Lipinski definition) is 0. The third kappa shape index (κ3) is 3.05. The monoisotopic (exact) mass is 164 g/mol. The molecule has 0 saturated heterocycles. The van der Waals surface area contributed by atoms with Gasteiger partial charge in [0.05, 0.1) is 6.04 Å². The first-order valence-electron chi connectivity index (χ1n) is 4.70. The minimum atomic E-state index is 0.741. The van der Waals surface area contributed by atoms with Crippen LogP contribution in [-0.4, -0.2) is 6.04 Å². The highest BCUT2D eigenvalue weighted by Crippen LogP contribution is 1.94. The van der Waals surface area contributed by atoms with Crippen LogP contribution in [0.5, 0.6) is 0 Å². The summed E-state index contributed by atoms with van der Waals surface area (Å²) in [6, 6.07) is 11.4. The maximum atomic E-state index is 2.38. The van der Waals surface area contributed by atoms with Crippen LogP contribution in [0.25, 0.3) is 0 Å². The highest BCUT2D eigenvalue weighted by Gasteiger charge is 2.00. The first-order valence-corrected chi connectivity index (χ1v) is 4.70. The normalized spacial score (nSPS) is 12.8. The largest absolute Gasteiger partial charge is 0.340 e. The Morgan fingerprint density at radius 1 is 1.25 bits per heavy atom. The lowest BCUT2D eigenvalue weighted by Crippen LogP contribution is -2.87. The third-order valence-electron chi connectivity index (χ3n) is 2.24. The number of nitrogens with two attached hydrogens (primary N) is 1.